The van der Waals surface area contributed by atoms with Crippen LogP contribution in [0.4, 0.5) is 0 Å². The Morgan fingerprint density at radius 3 is 2.68 bits per heavy atom. The van der Waals surface area contributed by atoms with Crippen LogP contribution in [0, 0.1) is 11.3 Å². The maximum atomic E-state index is 12.7. The maximum absolute atomic E-state index is 12.7. The first-order chi connectivity index (χ1) is 18.5. The molecule has 0 atom stereocenters. The molecular weight excluding hydrogens is 548 g/mol. The lowest BCUT2D eigenvalue weighted by Crippen LogP contribution is -2.44. The molecule has 0 bridgehead atoms. The fourth-order valence-corrected chi connectivity index (χ4v) is 5.68. The molecule has 8 nitrogen and oxygen atoms in total. The van der Waals surface area contributed by atoms with Gasteiger partial charge in [0.05, 0.1) is 21.8 Å². The van der Waals surface area contributed by atoms with Crippen molar-refractivity contribution in [1.29, 1.82) is 5.26 Å². The van der Waals surface area contributed by atoms with Gasteiger partial charge in [-0.1, -0.05) is 12.1 Å². The largest absolute Gasteiger partial charge is 0.489 e. The molecule has 2 aromatic carbocycles. The number of amides is 1. The average Bonchev–Trinajstić information content (AvgIpc) is 2.91. The Kier molecular flexibility index (Phi) is 8.42. The molecule has 38 heavy (non-hydrogen) atoms. The van der Waals surface area contributed by atoms with Gasteiger partial charge in [0.25, 0.3) is 0 Å². The number of carbonyl (C=O) groups is 1. The van der Waals surface area contributed by atoms with Gasteiger partial charge in [-0.15, -0.1) is 0 Å². The number of ether oxygens (including phenoxy) is 1. The lowest BCUT2D eigenvalue weighted by molar-refractivity contribution is -0.121. The number of nitrogens with zero attached hydrogens (tertiary/aromatic N) is 2. The summed E-state index contributed by atoms with van der Waals surface area (Å²) in [4.78, 5) is 27.5. The molecule has 0 radical (unpaired) electrons. The molecule has 5 rings (SSSR count). The van der Waals surface area contributed by atoms with Gasteiger partial charge in [0, 0.05) is 31.7 Å². The molecule has 1 aromatic heterocycles. The zero-order valence-corrected chi connectivity index (χ0v) is 22.8. The van der Waals surface area contributed by atoms with Crippen molar-refractivity contribution in [3.63, 3.8) is 0 Å². The van der Waals surface area contributed by atoms with Gasteiger partial charge in [0.2, 0.25) is 5.91 Å². The van der Waals surface area contributed by atoms with Gasteiger partial charge < -0.3 is 19.8 Å². The normalized spacial score (nSPS) is 17.3. The predicted octanol–water partition coefficient (Wildman–Crippen LogP) is 3.88. The van der Waals surface area contributed by atoms with Crippen molar-refractivity contribution < 1.29 is 13.9 Å². The van der Waals surface area contributed by atoms with Crippen LogP contribution in [0.5, 0.6) is 5.75 Å². The van der Waals surface area contributed by atoms with E-state index in [1.165, 1.54) is 11.6 Å². The first-order valence-corrected chi connectivity index (χ1v) is 13.9. The number of fused-ring (bicyclic) bond motifs is 1. The van der Waals surface area contributed by atoms with Crippen LogP contribution < -0.4 is 20.8 Å². The highest BCUT2D eigenvalue weighted by atomic mass is 79.9. The second-order valence-electron chi connectivity index (χ2n) is 10.00. The summed E-state index contributed by atoms with van der Waals surface area (Å²) in [6, 6.07) is 14.6. The molecule has 2 saturated heterocycles. The number of nitrogens with one attached hydrogen (secondary N) is 2. The molecule has 0 saturated carbocycles. The van der Waals surface area contributed by atoms with E-state index in [0.29, 0.717) is 5.39 Å². The summed E-state index contributed by atoms with van der Waals surface area (Å²) in [6.07, 6.45) is 3.98. The minimum Gasteiger partial charge on any atom is -0.489 e. The smallest absolute Gasteiger partial charge is 0.227 e. The van der Waals surface area contributed by atoms with Gasteiger partial charge in [-0.3, -0.25) is 14.5 Å². The van der Waals surface area contributed by atoms with Crippen LogP contribution >= 0.6 is 15.9 Å². The Labute approximate surface area is 230 Å². The van der Waals surface area contributed by atoms with Gasteiger partial charge in [0.1, 0.15) is 23.7 Å². The number of para-hydroxylation sites is 1. The van der Waals surface area contributed by atoms with E-state index < -0.39 is 0 Å². The summed E-state index contributed by atoms with van der Waals surface area (Å²) in [6.45, 7) is 4.61. The van der Waals surface area contributed by atoms with Gasteiger partial charge in [-0.05, 0) is 84.5 Å². The van der Waals surface area contributed by atoms with Crippen molar-refractivity contribution in [2.75, 3.05) is 26.2 Å². The highest BCUT2D eigenvalue weighted by Crippen LogP contribution is 2.29. The molecule has 3 aromatic rings. The highest BCUT2D eigenvalue weighted by molar-refractivity contribution is 9.10. The molecule has 2 aliphatic heterocycles. The molecule has 0 spiro atoms. The Bertz CT molecular complexity index is 1400. The molecule has 2 N–H and O–H groups in total. The van der Waals surface area contributed by atoms with Crippen LogP contribution in [0.2, 0.25) is 0 Å². The van der Waals surface area contributed by atoms with Crippen molar-refractivity contribution in [1.82, 2.24) is 15.5 Å². The topological polar surface area (TPSA) is 108 Å². The first-order valence-electron chi connectivity index (χ1n) is 13.1. The lowest BCUT2D eigenvalue weighted by Gasteiger charge is -2.32. The van der Waals surface area contributed by atoms with E-state index in [2.05, 4.69) is 49.7 Å². The standard InChI is InChI=1S/C29H31BrN4O4/c30-25-14-19(4-5-27(25)37-22-6-10-32-11-7-22)18-34-12-8-21(9-13-34)33-28(36)16-23-15-26(35)24-3-1-2-20(17-31)29(24)38-23/h1-5,14-15,21-22,32H,6-13,16,18H2,(H,33,36). The summed E-state index contributed by atoms with van der Waals surface area (Å²) in [7, 11) is 0. The number of halogens is 1. The van der Waals surface area contributed by atoms with Crippen molar-refractivity contribution in [2.45, 2.75) is 50.8 Å². The number of carbonyl (C=O) groups excluding carboxylic acids is 1. The quantitative estimate of drug-likeness (QED) is 0.438. The van der Waals surface area contributed by atoms with E-state index in [4.69, 9.17) is 9.15 Å². The fraction of sp³-hybridized carbons (Fsp3) is 0.414. The second kappa shape index (κ2) is 12.1. The Morgan fingerprint density at radius 2 is 1.95 bits per heavy atom. The molecule has 0 aliphatic carbocycles. The molecule has 198 valence electrons. The monoisotopic (exact) mass is 578 g/mol. The van der Waals surface area contributed by atoms with Gasteiger partial charge in [-0.2, -0.15) is 5.26 Å². The van der Waals surface area contributed by atoms with E-state index in [1.54, 1.807) is 18.2 Å². The van der Waals surface area contributed by atoms with E-state index in [9.17, 15) is 14.9 Å². The number of hydrogen-bond donors (Lipinski definition) is 2. The molecule has 2 fully saturated rings. The minimum absolute atomic E-state index is 0.0367. The van der Waals surface area contributed by atoms with Crippen LogP contribution in [-0.4, -0.2) is 49.1 Å². The zero-order valence-electron chi connectivity index (χ0n) is 21.2. The summed E-state index contributed by atoms with van der Waals surface area (Å²) in [5.41, 5.74) is 1.48. The summed E-state index contributed by atoms with van der Waals surface area (Å²) < 4.78 is 12.9. The van der Waals surface area contributed by atoms with Crippen LogP contribution in [-0.2, 0) is 17.8 Å². The number of piperidine rings is 2. The number of nitriles is 1. The third-order valence-corrected chi connectivity index (χ3v) is 7.82. The molecule has 3 heterocycles. The number of rotatable bonds is 7. The summed E-state index contributed by atoms with van der Waals surface area (Å²) in [5, 5.41) is 16.1. The zero-order chi connectivity index (χ0) is 26.5. The average molecular weight is 579 g/mol. The SMILES string of the molecule is N#Cc1cccc2c(=O)cc(CC(=O)NC3CCN(Cc4ccc(OC5CCNCC5)c(Br)c4)CC3)oc12. The third-order valence-electron chi connectivity index (χ3n) is 7.20. The van der Waals surface area contributed by atoms with Gasteiger partial charge in [-0.25, -0.2) is 0 Å². The van der Waals surface area contributed by atoms with Crippen LogP contribution in [0.3, 0.4) is 0 Å². The first kappa shape index (κ1) is 26.4. The van der Waals surface area contributed by atoms with E-state index in [0.717, 1.165) is 68.6 Å². The summed E-state index contributed by atoms with van der Waals surface area (Å²) in [5.74, 6) is 0.972. The maximum Gasteiger partial charge on any atom is 0.227 e. The highest BCUT2D eigenvalue weighted by Gasteiger charge is 2.22. The Morgan fingerprint density at radius 1 is 1.16 bits per heavy atom. The minimum atomic E-state index is -0.253. The fourth-order valence-electron chi connectivity index (χ4n) is 5.16. The van der Waals surface area contributed by atoms with Crippen molar-refractivity contribution in [2.24, 2.45) is 0 Å². The van der Waals surface area contributed by atoms with Crippen molar-refractivity contribution in [3.05, 3.63) is 74.0 Å². The van der Waals surface area contributed by atoms with Crippen molar-refractivity contribution in [3.8, 4) is 11.8 Å². The second-order valence-corrected chi connectivity index (χ2v) is 10.9. The lowest BCUT2D eigenvalue weighted by atomic mass is 10.0. The Balaban J connectivity index is 1.11. The number of benzene rings is 2. The van der Waals surface area contributed by atoms with Crippen LogP contribution in [0.1, 0.15) is 42.6 Å². The van der Waals surface area contributed by atoms with Crippen molar-refractivity contribution >= 4 is 32.8 Å². The van der Waals surface area contributed by atoms with E-state index in [-0.39, 0.29) is 46.8 Å². The van der Waals surface area contributed by atoms with Gasteiger partial charge >= 0.3 is 0 Å². The van der Waals surface area contributed by atoms with Crippen LogP contribution in [0.25, 0.3) is 11.0 Å². The van der Waals surface area contributed by atoms with E-state index in [1.807, 2.05) is 6.07 Å². The molecular formula is C29H31BrN4O4. The Hall–Kier alpha value is -3.19. The van der Waals surface area contributed by atoms with E-state index >= 15 is 0 Å². The predicted molar refractivity (Wildman–Crippen MR) is 148 cm³/mol. The molecule has 9 heteroatoms. The van der Waals surface area contributed by atoms with Gasteiger partial charge in [0.15, 0.2) is 11.0 Å². The third kappa shape index (κ3) is 6.44. The molecule has 2 aliphatic rings. The molecule has 0 unspecified atom stereocenters. The number of hydrogen-bond acceptors (Lipinski definition) is 7. The molecule has 1 amide bonds. The summed E-state index contributed by atoms with van der Waals surface area (Å²) >= 11 is 3.68. The number of likely N-dealkylation sites (tertiary alicyclic amines) is 1. The van der Waals surface area contributed by atoms with Crippen LogP contribution in [0.15, 0.2) is 56.1 Å².